The molecule has 0 aromatic heterocycles. The van der Waals surface area contributed by atoms with E-state index in [-0.39, 0.29) is 6.61 Å². The standard InChI is InChI=1S/C9H20N2O2/c1-11-3-2-8(6-11)4-10-5-9(13)7-12/h8-10,12-13H,2-7H2,1H3/t8?,9-/m0/s1. The molecule has 1 aliphatic rings. The normalized spacial score (nSPS) is 26.5. The van der Waals surface area contributed by atoms with Gasteiger partial charge >= 0.3 is 0 Å². The molecule has 2 atom stereocenters. The fourth-order valence-electron chi connectivity index (χ4n) is 1.71. The first-order valence-electron chi connectivity index (χ1n) is 4.90. The number of hydrogen-bond acceptors (Lipinski definition) is 4. The van der Waals surface area contributed by atoms with E-state index < -0.39 is 6.10 Å². The van der Waals surface area contributed by atoms with Crippen molar-refractivity contribution in [1.29, 1.82) is 0 Å². The van der Waals surface area contributed by atoms with Gasteiger partial charge in [-0.25, -0.2) is 0 Å². The molecule has 1 unspecified atom stereocenters. The number of hydrogen-bond donors (Lipinski definition) is 3. The third-order valence-corrected chi connectivity index (χ3v) is 2.51. The van der Waals surface area contributed by atoms with E-state index >= 15 is 0 Å². The number of likely N-dealkylation sites (tertiary alicyclic amines) is 1. The number of aliphatic hydroxyl groups is 2. The summed E-state index contributed by atoms with van der Waals surface area (Å²) in [6.07, 6.45) is 0.623. The van der Waals surface area contributed by atoms with Crippen LogP contribution in [0.3, 0.4) is 0 Å². The van der Waals surface area contributed by atoms with Crippen LogP contribution < -0.4 is 5.32 Å². The van der Waals surface area contributed by atoms with Crippen LogP contribution in [0.1, 0.15) is 6.42 Å². The topological polar surface area (TPSA) is 55.7 Å². The molecule has 0 aromatic rings. The summed E-state index contributed by atoms with van der Waals surface area (Å²) in [4.78, 5) is 2.31. The molecule has 0 saturated carbocycles. The summed E-state index contributed by atoms with van der Waals surface area (Å²) in [5.41, 5.74) is 0. The Kier molecular flexibility index (Phi) is 4.66. The van der Waals surface area contributed by atoms with Crippen molar-refractivity contribution in [3.8, 4) is 0 Å². The molecule has 78 valence electrons. The number of rotatable bonds is 5. The molecule has 0 spiro atoms. The molecule has 1 fully saturated rings. The van der Waals surface area contributed by atoms with E-state index in [1.54, 1.807) is 0 Å². The fraction of sp³-hybridized carbons (Fsp3) is 1.00. The van der Waals surface area contributed by atoms with E-state index in [0.717, 1.165) is 13.1 Å². The Morgan fingerprint density at radius 3 is 2.92 bits per heavy atom. The Morgan fingerprint density at radius 2 is 2.38 bits per heavy atom. The van der Waals surface area contributed by atoms with Gasteiger partial charge in [0.05, 0.1) is 12.7 Å². The molecule has 4 nitrogen and oxygen atoms in total. The Balaban J connectivity index is 2.00. The van der Waals surface area contributed by atoms with E-state index in [1.807, 2.05) is 0 Å². The zero-order valence-electron chi connectivity index (χ0n) is 8.24. The predicted molar refractivity (Wildman–Crippen MR) is 51.6 cm³/mol. The van der Waals surface area contributed by atoms with Crippen molar-refractivity contribution in [2.75, 3.05) is 39.8 Å². The summed E-state index contributed by atoms with van der Waals surface area (Å²) in [7, 11) is 2.13. The van der Waals surface area contributed by atoms with Crippen LogP contribution in [0.2, 0.25) is 0 Å². The van der Waals surface area contributed by atoms with Crippen LogP contribution >= 0.6 is 0 Å². The first-order chi connectivity index (χ1) is 6.22. The molecule has 13 heavy (non-hydrogen) atoms. The highest BCUT2D eigenvalue weighted by Crippen LogP contribution is 2.12. The lowest BCUT2D eigenvalue weighted by Crippen LogP contribution is -2.33. The van der Waals surface area contributed by atoms with Crippen LogP contribution in [0.4, 0.5) is 0 Å². The minimum atomic E-state index is -0.612. The van der Waals surface area contributed by atoms with Crippen LogP contribution in [0, 0.1) is 5.92 Å². The Labute approximate surface area is 79.6 Å². The molecular formula is C9H20N2O2. The van der Waals surface area contributed by atoms with Gasteiger partial charge in [-0.3, -0.25) is 0 Å². The second-order valence-electron chi connectivity index (χ2n) is 3.91. The van der Waals surface area contributed by atoms with E-state index in [4.69, 9.17) is 10.2 Å². The van der Waals surface area contributed by atoms with Gasteiger partial charge in [-0.05, 0) is 32.5 Å². The van der Waals surface area contributed by atoms with Crippen LogP contribution in [0.5, 0.6) is 0 Å². The third-order valence-electron chi connectivity index (χ3n) is 2.51. The lowest BCUT2D eigenvalue weighted by Gasteiger charge is -2.13. The van der Waals surface area contributed by atoms with Gasteiger partial charge in [0.25, 0.3) is 0 Å². The molecule has 0 bridgehead atoms. The average Bonchev–Trinajstić information content (AvgIpc) is 2.51. The summed E-state index contributed by atoms with van der Waals surface area (Å²) >= 11 is 0. The minimum absolute atomic E-state index is 0.155. The third kappa shape index (κ3) is 4.04. The highest BCUT2D eigenvalue weighted by molar-refractivity contribution is 4.75. The van der Waals surface area contributed by atoms with Crippen molar-refractivity contribution in [2.45, 2.75) is 12.5 Å². The molecule has 4 heteroatoms. The van der Waals surface area contributed by atoms with E-state index in [9.17, 15) is 0 Å². The molecule has 1 heterocycles. The highest BCUT2D eigenvalue weighted by atomic mass is 16.3. The summed E-state index contributed by atoms with van der Waals surface area (Å²) < 4.78 is 0. The first-order valence-corrected chi connectivity index (χ1v) is 4.90. The number of aliphatic hydroxyl groups excluding tert-OH is 2. The molecule has 1 rings (SSSR count). The zero-order valence-corrected chi connectivity index (χ0v) is 8.24. The van der Waals surface area contributed by atoms with Gasteiger partial charge in [-0.1, -0.05) is 0 Å². The second kappa shape index (κ2) is 5.54. The van der Waals surface area contributed by atoms with Gasteiger partial charge in [0.15, 0.2) is 0 Å². The molecule has 0 aliphatic carbocycles. The molecule has 1 aliphatic heterocycles. The molecule has 0 radical (unpaired) electrons. The maximum Gasteiger partial charge on any atom is 0.0894 e. The average molecular weight is 188 g/mol. The largest absolute Gasteiger partial charge is 0.394 e. The van der Waals surface area contributed by atoms with Crippen molar-refractivity contribution in [3.63, 3.8) is 0 Å². The summed E-state index contributed by atoms with van der Waals surface area (Å²) in [5, 5.41) is 20.8. The first kappa shape index (κ1) is 10.9. The molecule has 0 aromatic carbocycles. The number of nitrogens with one attached hydrogen (secondary N) is 1. The monoisotopic (exact) mass is 188 g/mol. The van der Waals surface area contributed by atoms with E-state index in [1.165, 1.54) is 13.0 Å². The molecule has 3 N–H and O–H groups in total. The fourth-order valence-corrected chi connectivity index (χ4v) is 1.71. The van der Waals surface area contributed by atoms with Gasteiger partial charge in [0.2, 0.25) is 0 Å². The van der Waals surface area contributed by atoms with Crippen molar-refractivity contribution in [3.05, 3.63) is 0 Å². The van der Waals surface area contributed by atoms with Crippen LogP contribution in [-0.2, 0) is 0 Å². The lowest BCUT2D eigenvalue weighted by molar-refractivity contribution is 0.0937. The van der Waals surface area contributed by atoms with Crippen molar-refractivity contribution < 1.29 is 10.2 Å². The Hall–Kier alpha value is -0.160. The van der Waals surface area contributed by atoms with Gasteiger partial charge < -0.3 is 20.4 Å². The predicted octanol–water partition coefficient (Wildman–Crippen LogP) is -1.12. The van der Waals surface area contributed by atoms with Gasteiger partial charge in [-0.2, -0.15) is 0 Å². The van der Waals surface area contributed by atoms with E-state index in [2.05, 4.69) is 17.3 Å². The van der Waals surface area contributed by atoms with Crippen LogP contribution in [0.15, 0.2) is 0 Å². The van der Waals surface area contributed by atoms with Crippen LogP contribution in [0.25, 0.3) is 0 Å². The van der Waals surface area contributed by atoms with Crippen LogP contribution in [-0.4, -0.2) is 61.1 Å². The van der Waals surface area contributed by atoms with Crippen molar-refractivity contribution in [2.24, 2.45) is 5.92 Å². The second-order valence-corrected chi connectivity index (χ2v) is 3.91. The molecule has 0 amide bonds. The lowest BCUT2D eigenvalue weighted by atomic mass is 10.1. The quantitative estimate of drug-likeness (QED) is 0.511. The van der Waals surface area contributed by atoms with Gasteiger partial charge in [0.1, 0.15) is 0 Å². The van der Waals surface area contributed by atoms with Crippen molar-refractivity contribution >= 4 is 0 Å². The smallest absolute Gasteiger partial charge is 0.0894 e. The Morgan fingerprint density at radius 1 is 1.62 bits per heavy atom. The van der Waals surface area contributed by atoms with Gasteiger partial charge in [0, 0.05) is 13.1 Å². The molecule has 1 saturated heterocycles. The summed E-state index contributed by atoms with van der Waals surface area (Å²) in [5.74, 6) is 0.705. The number of nitrogens with zero attached hydrogens (tertiary/aromatic N) is 1. The summed E-state index contributed by atoms with van der Waals surface area (Å²) in [6, 6.07) is 0. The zero-order chi connectivity index (χ0) is 9.68. The maximum absolute atomic E-state index is 9.06. The summed E-state index contributed by atoms with van der Waals surface area (Å²) in [6.45, 7) is 3.60. The Bertz CT molecular complexity index is 144. The minimum Gasteiger partial charge on any atom is -0.394 e. The van der Waals surface area contributed by atoms with Crippen molar-refractivity contribution in [1.82, 2.24) is 10.2 Å². The molecular weight excluding hydrogens is 168 g/mol. The highest BCUT2D eigenvalue weighted by Gasteiger charge is 2.18. The van der Waals surface area contributed by atoms with Gasteiger partial charge in [-0.15, -0.1) is 0 Å². The van der Waals surface area contributed by atoms with E-state index in [0.29, 0.717) is 12.5 Å². The maximum atomic E-state index is 9.06. The SMILES string of the molecule is CN1CCC(CNC[C@H](O)CO)C1.